The summed E-state index contributed by atoms with van der Waals surface area (Å²) in [5.74, 6) is 0. The molecule has 0 radical (unpaired) electrons. The van der Waals surface area contributed by atoms with Crippen molar-refractivity contribution in [2.75, 3.05) is 7.05 Å². The molecule has 1 aromatic carbocycles. The van der Waals surface area contributed by atoms with E-state index < -0.39 is 0 Å². The molecule has 0 heterocycles. The average molecular weight is 206 g/mol. The van der Waals surface area contributed by atoms with E-state index in [2.05, 4.69) is 37.0 Å². The van der Waals surface area contributed by atoms with E-state index in [-0.39, 0.29) is 0 Å². The fourth-order valence-corrected chi connectivity index (χ4v) is 1.32. The van der Waals surface area contributed by atoms with Gasteiger partial charge in [0.25, 0.3) is 0 Å². The molecule has 0 saturated carbocycles. The van der Waals surface area contributed by atoms with Gasteiger partial charge in [-0.2, -0.15) is 0 Å². The maximum atomic E-state index is 8.54. The van der Waals surface area contributed by atoms with Gasteiger partial charge in [0.1, 0.15) is 0 Å². The van der Waals surface area contributed by atoms with Gasteiger partial charge in [-0.15, -0.1) is 0 Å². The van der Waals surface area contributed by atoms with Crippen LogP contribution >= 0.6 is 0 Å². The van der Waals surface area contributed by atoms with E-state index in [9.17, 15) is 0 Å². The summed E-state index contributed by atoms with van der Waals surface area (Å²) in [5, 5.41) is 11.6. The minimum Gasteiger partial charge on any atom is -0.411 e. The molecule has 0 spiro atoms. The number of benzene rings is 1. The lowest BCUT2D eigenvalue weighted by atomic mass is 10.1. The second-order valence-corrected chi connectivity index (χ2v) is 3.95. The molecule has 0 fully saturated rings. The number of nitrogens with zero attached hydrogens (tertiary/aromatic N) is 2. The van der Waals surface area contributed by atoms with Crippen LogP contribution in [0.4, 0.5) is 0 Å². The maximum absolute atomic E-state index is 8.54. The highest BCUT2D eigenvalue weighted by atomic mass is 16.4. The van der Waals surface area contributed by atoms with Crippen LogP contribution in [0.1, 0.15) is 25.0 Å². The molecule has 0 atom stereocenters. The lowest BCUT2D eigenvalue weighted by molar-refractivity contribution is 0.265. The first-order chi connectivity index (χ1) is 7.15. The van der Waals surface area contributed by atoms with E-state index in [1.165, 1.54) is 11.8 Å². The molecule has 0 aliphatic heterocycles. The molecular weight excluding hydrogens is 188 g/mol. The van der Waals surface area contributed by atoms with Crippen LogP contribution in [-0.2, 0) is 6.54 Å². The Morgan fingerprint density at radius 3 is 2.67 bits per heavy atom. The summed E-state index contributed by atoms with van der Waals surface area (Å²) in [4.78, 5) is 2.24. The van der Waals surface area contributed by atoms with Gasteiger partial charge in [-0.05, 0) is 26.5 Å². The van der Waals surface area contributed by atoms with Gasteiger partial charge in [0.05, 0.1) is 6.21 Å². The first-order valence-corrected chi connectivity index (χ1v) is 5.10. The second kappa shape index (κ2) is 5.51. The Morgan fingerprint density at radius 1 is 1.40 bits per heavy atom. The lowest BCUT2D eigenvalue weighted by Crippen LogP contribution is -2.26. The second-order valence-electron chi connectivity index (χ2n) is 3.95. The highest BCUT2D eigenvalue weighted by Gasteiger charge is 2.06. The van der Waals surface area contributed by atoms with E-state index in [0.29, 0.717) is 6.04 Å². The predicted molar refractivity (Wildman–Crippen MR) is 62.4 cm³/mol. The molecule has 0 amide bonds. The standard InChI is InChI=1S/C12H18N2O/c1-10(2)14(3)9-12-7-5-4-6-11(12)8-13-15/h4-8,10,15H,9H2,1-3H3. The summed E-state index contributed by atoms with van der Waals surface area (Å²) in [7, 11) is 2.08. The van der Waals surface area contributed by atoms with Crippen molar-refractivity contribution in [2.45, 2.75) is 26.4 Å². The van der Waals surface area contributed by atoms with Crippen molar-refractivity contribution in [3.05, 3.63) is 35.4 Å². The largest absolute Gasteiger partial charge is 0.411 e. The normalized spacial score (nSPS) is 11.8. The van der Waals surface area contributed by atoms with Gasteiger partial charge in [0.15, 0.2) is 0 Å². The summed E-state index contributed by atoms with van der Waals surface area (Å²) >= 11 is 0. The number of hydrogen-bond acceptors (Lipinski definition) is 3. The molecule has 0 bridgehead atoms. The van der Waals surface area contributed by atoms with Gasteiger partial charge in [0.2, 0.25) is 0 Å². The van der Waals surface area contributed by atoms with E-state index >= 15 is 0 Å². The van der Waals surface area contributed by atoms with Crippen molar-refractivity contribution < 1.29 is 5.21 Å². The minimum atomic E-state index is 0.504. The van der Waals surface area contributed by atoms with E-state index in [1.54, 1.807) is 0 Å². The van der Waals surface area contributed by atoms with Crippen molar-refractivity contribution in [3.8, 4) is 0 Å². The van der Waals surface area contributed by atoms with Gasteiger partial charge in [-0.25, -0.2) is 0 Å². The van der Waals surface area contributed by atoms with Crippen LogP contribution in [-0.4, -0.2) is 29.4 Å². The van der Waals surface area contributed by atoms with Crippen molar-refractivity contribution >= 4 is 6.21 Å². The summed E-state index contributed by atoms with van der Waals surface area (Å²) < 4.78 is 0. The Bertz CT molecular complexity index is 334. The fraction of sp³-hybridized carbons (Fsp3) is 0.417. The Labute approximate surface area is 91.0 Å². The fourth-order valence-electron chi connectivity index (χ4n) is 1.32. The first-order valence-electron chi connectivity index (χ1n) is 5.10. The van der Waals surface area contributed by atoms with Gasteiger partial charge >= 0.3 is 0 Å². The maximum Gasteiger partial charge on any atom is 0.0737 e. The molecule has 82 valence electrons. The van der Waals surface area contributed by atoms with E-state index in [1.807, 2.05) is 18.2 Å². The number of oxime groups is 1. The Kier molecular flexibility index (Phi) is 4.31. The monoisotopic (exact) mass is 206 g/mol. The average Bonchev–Trinajstić information content (AvgIpc) is 2.21. The zero-order valence-corrected chi connectivity index (χ0v) is 9.51. The molecule has 1 rings (SSSR count). The Hall–Kier alpha value is -1.35. The summed E-state index contributed by atoms with van der Waals surface area (Å²) in [6.45, 7) is 5.17. The van der Waals surface area contributed by atoms with Crippen LogP contribution in [0.3, 0.4) is 0 Å². The van der Waals surface area contributed by atoms with E-state index in [4.69, 9.17) is 5.21 Å². The van der Waals surface area contributed by atoms with Crippen LogP contribution < -0.4 is 0 Å². The summed E-state index contributed by atoms with van der Waals surface area (Å²) in [5.41, 5.74) is 2.14. The highest BCUT2D eigenvalue weighted by Crippen LogP contribution is 2.10. The highest BCUT2D eigenvalue weighted by molar-refractivity contribution is 5.81. The van der Waals surface area contributed by atoms with Crippen LogP contribution in [0.2, 0.25) is 0 Å². The minimum absolute atomic E-state index is 0.504. The van der Waals surface area contributed by atoms with E-state index in [0.717, 1.165) is 12.1 Å². The van der Waals surface area contributed by atoms with Crippen molar-refractivity contribution in [1.29, 1.82) is 0 Å². The summed E-state index contributed by atoms with van der Waals surface area (Å²) in [6, 6.07) is 8.44. The van der Waals surface area contributed by atoms with Gasteiger partial charge in [-0.3, -0.25) is 4.90 Å². The van der Waals surface area contributed by atoms with Crippen molar-refractivity contribution in [1.82, 2.24) is 4.90 Å². The lowest BCUT2D eigenvalue weighted by Gasteiger charge is -2.21. The van der Waals surface area contributed by atoms with Gasteiger partial charge in [-0.1, -0.05) is 29.4 Å². The number of hydrogen-bond donors (Lipinski definition) is 1. The quantitative estimate of drug-likeness (QED) is 0.466. The molecule has 3 nitrogen and oxygen atoms in total. The first kappa shape index (κ1) is 11.7. The van der Waals surface area contributed by atoms with Crippen LogP contribution in [0, 0.1) is 0 Å². The molecule has 3 heteroatoms. The molecule has 15 heavy (non-hydrogen) atoms. The van der Waals surface area contributed by atoms with Crippen molar-refractivity contribution in [3.63, 3.8) is 0 Å². The zero-order chi connectivity index (χ0) is 11.3. The Balaban J connectivity index is 2.84. The SMILES string of the molecule is CC(C)N(C)Cc1ccccc1C=NO. The molecule has 0 unspecified atom stereocenters. The third kappa shape index (κ3) is 3.36. The molecule has 1 aromatic rings. The predicted octanol–water partition coefficient (Wildman–Crippen LogP) is 2.33. The van der Waals surface area contributed by atoms with Gasteiger partial charge < -0.3 is 5.21 Å². The topological polar surface area (TPSA) is 35.8 Å². The zero-order valence-electron chi connectivity index (χ0n) is 9.51. The number of rotatable bonds is 4. The third-order valence-electron chi connectivity index (χ3n) is 2.55. The molecular formula is C12H18N2O. The smallest absolute Gasteiger partial charge is 0.0737 e. The van der Waals surface area contributed by atoms with Gasteiger partial charge in [0, 0.05) is 18.2 Å². The molecule has 0 aliphatic carbocycles. The third-order valence-corrected chi connectivity index (χ3v) is 2.55. The van der Waals surface area contributed by atoms with Crippen LogP contribution in [0.15, 0.2) is 29.4 Å². The molecule has 0 aromatic heterocycles. The van der Waals surface area contributed by atoms with Crippen LogP contribution in [0.25, 0.3) is 0 Å². The van der Waals surface area contributed by atoms with Crippen molar-refractivity contribution in [2.24, 2.45) is 5.16 Å². The molecule has 0 aliphatic rings. The molecule has 1 N–H and O–H groups in total. The summed E-state index contributed by atoms with van der Waals surface area (Å²) in [6.07, 6.45) is 1.48. The molecule has 0 saturated heterocycles. The van der Waals surface area contributed by atoms with Crippen LogP contribution in [0.5, 0.6) is 0 Å². The Morgan fingerprint density at radius 2 is 2.07 bits per heavy atom.